The molecule has 1 rings (SSSR count). The van der Waals surface area contributed by atoms with Crippen molar-refractivity contribution < 1.29 is 17.9 Å². The van der Waals surface area contributed by atoms with Crippen molar-refractivity contribution in [3.8, 4) is 6.07 Å². The fraction of sp³-hybridized carbons (Fsp3) is 0.500. The quantitative estimate of drug-likeness (QED) is 0.765. The molecule has 5 nitrogen and oxygen atoms in total. The van der Waals surface area contributed by atoms with Crippen molar-refractivity contribution in [1.29, 1.82) is 5.26 Å². The minimum Gasteiger partial charge on any atom is -0.396 e. The van der Waals surface area contributed by atoms with Gasteiger partial charge in [-0.3, -0.25) is 0 Å². The summed E-state index contributed by atoms with van der Waals surface area (Å²) in [6.07, 6.45) is 2.21. The summed E-state index contributed by atoms with van der Waals surface area (Å²) in [5, 5.41) is 17.7. The van der Waals surface area contributed by atoms with Gasteiger partial charge in [0.2, 0.25) is 10.0 Å². The van der Waals surface area contributed by atoms with Crippen LogP contribution in [-0.4, -0.2) is 26.7 Å². The first kappa shape index (κ1) is 17.6. The van der Waals surface area contributed by atoms with Crippen molar-refractivity contribution in [2.24, 2.45) is 5.92 Å². The fourth-order valence-electron chi connectivity index (χ4n) is 2.01. The van der Waals surface area contributed by atoms with Gasteiger partial charge in [0, 0.05) is 13.2 Å². The number of aliphatic hydroxyl groups excluding tert-OH is 1. The number of aliphatic hydroxyl groups is 1. The molecule has 116 valence electrons. The highest BCUT2D eigenvalue weighted by molar-refractivity contribution is 7.89. The van der Waals surface area contributed by atoms with Crippen LogP contribution in [-0.2, 0) is 10.0 Å². The van der Waals surface area contributed by atoms with Crippen LogP contribution >= 0.6 is 0 Å². The van der Waals surface area contributed by atoms with Crippen LogP contribution in [0.15, 0.2) is 23.1 Å². The van der Waals surface area contributed by atoms with Crippen LogP contribution in [0, 0.1) is 23.1 Å². The van der Waals surface area contributed by atoms with Crippen molar-refractivity contribution in [1.82, 2.24) is 4.72 Å². The minimum absolute atomic E-state index is 0.00151. The summed E-state index contributed by atoms with van der Waals surface area (Å²) in [4.78, 5) is -0.139. The number of halogens is 1. The summed E-state index contributed by atoms with van der Waals surface area (Å²) in [7, 11) is -3.79. The Kier molecular flexibility index (Phi) is 6.75. The van der Waals surface area contributed by atoms with E-state index in [1.165, 1.54) is 0 Å². The Labute approximate surface area is 124 Å². The first-order valence-corrected chi connectivity index (χ1v) is 8.23. The molecule has 0 aliphatic heterocycles. The summed E-state index contributed by atoms with van der Waals surface area (Å²) in [5.74, 6) is -0.703. The Morgan fingerprint density at radius 3 is 2.71 bits per heavy atom. The number of sulfonamides is 1. The third-order valence-electron chi connectivity index (χ3n) is 3.16. The summed E-state index contributed by atoms with van der Waals surface area (Å²) in [5.41, 5.74) is -0.307. The molecule has 0 amide bonds. The molecule has 1 aromatic carbocycles. The maximum atomic E-state index is 13.2. The first-order valence-electron chi connectivity index (χ1n) is 6.74. The molecule has 0 saturated heterocycles. The van der Waals surface area contributed by atoms with Gasteiger partial charge in [-0.2, -0.15) is 5.26 Å². The molecule has 0 aliphatic rings. The molecule has 21 heavy (non-hydrogen) atoms. The third kappa shape index (κ3) is 5.08. The van der Waals surface area contributed by atoms with Crippen LogP contribution in [0.25, 0.3) is 0 Å². The largest absolute Gasteiger partial charge is 0.396 e. The van der Waals surface area contributed by atoms with E-state index in [2.05, 4.69) is 4.72 Å². The number of nitrogens with one attached hydrogen (secondary N) is 1. The molecule has 0 aromatic heterocycles. The van der Waals surface area contributed by atoms with E-state index in [1.54, 1.807) is 6.07 Å². The molecule has 1 aromatic rings. The standard InChI is InChI=1S/C14H19FN2O3S/c1-2-3-11(6-7-18)10-17-21(19,20)13-4-5-14(15)12(8-13)9-16/h4-5,8,11,17-18H,2-3,6-7,10H2,1H3. The molecule has 0 fully saturated rings. The zero-order valence-electron chi connectivity index (χ0n) is 11.8. The van der Waals surface area contributed by atoms with Gasteiger partial charge >= 0.3 is 0 Å². The van der Waals surface area contributed by atoms with Crippen molar-refractivity contribution in [3.63, 3.8) is 0 Å². The number of hydrogen-bond donors (Lipinski definition) is 2. The molecule has 0 spiro atoms. The number of hydrogen-bond acceptors (Lipinski definition) is 4. The Bertz CT molecular complexity index is 605. The molecule has 0 heterocycles. The summed E-state index contributed by atoms with van der Waals surface area (Å²) >= 11 is 0. The first-order chi connectivity index (χ1) is 9.94. The normalized spacial score (nSPS) is 12.9. The number of nitrogens with zero attached hydrogens (tertiary/aromatic N) is 1. The van der Waals surface area contributed by atoms with E-state index < -0.39 is 15.8 Å². The van der Waals surface area contributed by atoms with Gasteiger partial charge in [0.1, 0.15) is 11.9 Å². The average molecular weight is 314 g/mol. The Morgan fingerprint density at radius 1 is 1.43 bits per heavy atom. The smallest absolute Gasteiger partial charge is 0.240 e. The Hall–Kier alpha value is -1.49. The lowest BCUT2D eigenvalue weighted by molar-refractivity contribution is 0.251. The molecule has 0 saturated carbocycles. The van der Waals surface area contributed by atoms with Crippen molar-refractivity contribution >= 4 is 10.0 Å². The number of nitriles is 1. The van der Waals surface area contributed by atoms with Gasteiger partial charge in [0.15, 0.2) is 0 Å². The second-order valence-corrected chi connectivity index (χ2v) is 6.54. The molecule has 2 N–H and O–H groups in total. The van der Waals surface area contributed by atoms with E-state index >= 15 is 0 Å². The lowest BCUT2D eigenvalue weighted by atomic mass is 10.0. The maximum Gasteiger partial charge on any atom is 0.240 e. The van der Waals surface area contributed by atoms with Crippen LogP contribution in [0.5, 0.6) is 0 Å². The van der Waals surface area contributed by atoms with Crippen LogP contribution in [0.1, 0.15) is 31.7 Å². The van der Waals surface area contributed by atoms with Crippen molar-refractivity contribution in [2.45, 2.75) is 31.1 Å². The van der Waals surface area contributed by atoms with Crippen LogP contribution in [0.2, 0.25) is 0 Å². The van der Waals surface area contributed by atoms with E-state index in [1.807, 2.05) is 6.92 Å². The van der Waals surface area contributed by atoms with Crippen LogP contribution in [0.3, 0.4) is 0 Å². The summed E-state index contributed by atoms with van der Waals surface area (Å²) < 4.78 is 39.9. The highest BCUT2D eigenvalue weighted by Crippen LogP contribution is 2.16. The van der Waals surface area contributed by atoms with Gasteiger partial charge in [-0.1, -0.05) is 13.3 Å². The van der Waals surface area contributed by atoms with E-state index in [9.17, 15) is 12.8 Å². The van der Waals surface area contributed by atoms with Gasteiger partial charge in [0.05, 0.1) is 10.5 Å². The van der Waals surface area contributed by atoms with Crippen molar-refractivity contribution in [3.05, 3.63) is 29.6 Å². The third-order valence-corrected chi connectivity index (χ3v) is 4.59. The molecule has 0 aliphatic carbocycles. The lowest BCUT2D eigenvalue weighted by Crippen LogP contribution is -2.30. The highest BCUT2D eigenvalue weighted by atomic mass is 32.2. The maximum absolute atomic E-state index is 13.2. The van der Waals surface area contributed by atoms with E-state index in [0.717, 1.165) is 31.0 Å². The molecule has 1 unspecified atom stereocenters. The number of rotatable bonds is 8. The van der Waals surface area contributed by atoms with Gasteiger partial charge in [-0.05, 0) is 37.0 Å². The van der Waals surface area contributed by atoms with Crippen LogP contribution < -0.4 is 4.72 Å². The van der Waals surface area contributed by atoms with Gasteiger partial charge in [-0.15, -0.1) is 0 Å². The highest BCUT2D eigenvalue weighted by Gasteiger charge is 2.18. The predicted octanol–water partition coefficient (Wildman–Crippen LogP) is 1.77. The molecule has 7 heteroatoms. The molecule has 0 bridgehead atoms. The second-order valence-electron chi connectivity index (χ2n) is 4.77. The summed E-state index contributed by atoms with van der Waals surface area (Å²) in [6, 6.07) is 4.71. The fourth-order valence-corrected chi connectivity index (χ4v) is 3.15. The Balaban J connectivity index is 2.84. The molecule has 0 radical (unpaired) electrons. The molecular weight excluding hydrogens is 295 g/mol. The molecule has 1 atom stereocenters. The number of benzene rings is 1. The second kappa shape index (κ2) is 8.08. The minimum atomic E-state index is -3.79. The van der Waals surface area contributed by atoms with E-state index in [0.29, 0.717) is 6.42 Å². The zero-order chi connectivity index (χ0) is 15.9. The SMILES string of the molecule is CCCC(CCO)CNS(=O)(=O)c1ccc(F)c(C#N)c1. The molecular formula is C14H19FN2O3S. The van der Waals surface area contributed by atoms with E-state index in [4.69, 9.17) is 10.4 Å². The lowest BCUT2D eigenvalue weighted by Gasteiger charge is -2.16. The topological polar surface area (TPSA) is 90.2 Å². The van der Waals surface area contributed by atoms with Gasteiger partial charge in [-0.25, -0.2) is 17.5 Å². The van der Waals surface area contributed by atoms with Gasteiger partial charge in [0.25, 0.3) is 0 Å². The Morgan fingerprint density at radius 2 is 2.14 bits per heavy atom. The van der Waals surface area contributed by atoms with Crippen LogP contribution in [0.4, 0.5) is 4.39 Å². The van der Waals surface area contributed by atoms with Crippen molar-refractivity contribution in [2.75, 3.05) is 13.2 Å². The van der Waals surface area contributed by atoms with E-state index in [-0.39, 0.29) is 29.5 Å². The average Bonchev–Trinajstić information content (AvgIpc) is 2.45. The summed E-state index contributed by atoms with van der Waals surface area (Å²) in [6.45, 7) is 2.19. The van der Waals surface area contributed by atoms with Gasteiger partial charge < -0.3 is 5.11 Å². The predicted molar refractivity (Wildman–Crippen MR) is 76.4 cm³/mol. The zero-order valence-corrected chi connectivity index (χ0v) is 12.7. The monoisotopic (exact) mass is 314 g/mol.